The molecule has 3 heterocycles. The fourth-order valence-corrected chi connectivity index (χ4v) is 5.14. The molecular weight excluding hydrogens is 362 g/mol. The molecule has 3 rings (SSSR count). The van der Waals surface area contributed by atoms with Gasteiger partial charge in [-0.2, -0.15) is 4.31 Å². The maximum absolute atomic E-state index is 13.0. The largest absolute Gasteiger partial charge is 0.369 e. The van der Waals surface area contributed by atoms with Gasteiger partial charge in [0.05, 0.1) is 6.33 Å². The Morgan fingerprint density at radius 2 is 2.11 bits per heavy atom. The monoisotopic (exact) mass is 389 g/mol. The van der Waals surface area contributed by atoms with Crippen LogP contribution in [-0.4, -0.2) is 53.4 Å². The van der Waals surface area contributed by atoms with Crippen LogP contribution in [-0.2, 0) is 17.1 Å². The van der Waals surface area contributed by atoms with Gasteiger partial charge < -0.3 is 9.47 Å². The van der Waals surface area contributed by atoms with Crippen LogP contribution in [0, 0.1) is 12.8 Å². The molecule has 2 atom stereocenters. The lowest BCUT2D eigenvalue weighted by molar-refractivity contribution is 0.247. The Kier molecular flexibility index (Phi) is 5.39. The fraction of sp³-hybridized carbons (Fsp3) is 0.474. The molecule has 1 aliphatic heterocycles. The minimum Gasteiger partial charge on any atom is -0.369 e. The van der Waals surface area contributed by atoms with Gasteiger partial charge in [-0.25, -0.2) is 13.4 Å². The van der Waals surface area contributed by atoms with E-state index in [9.17, 15) is 8.42 Å². The molecule has 0 aliphatic carbocycles. The van der Waals surface area contributed by atoms with Crippen LogP contribution in [0.5, 0.6) is 0 Å². The second-order valence-corrected chi connectivity index (χ2v) is 9.10. The average molecular weight is 390 g/mol. The summed E-state index contributed by atoms with van der Waals surface area (Å²) in [4.78, 5) is 10.5. The number of sulfonamides is 1. The van der Waals surface area contributed by atoms with E-state index in [1.54, 1.807) is 28.3 Å². The molecule has 0 saturated carbocycles. The second kappa shape index (κ2) is 7.44. The van der Waals surface area contributed by atoms with Crippen LogP contribution in [0.4, 0.5) is 5.69 Å². The lowest BCUT2D eigenvalue weighted by Gasteiger charge is -2.42. The van der Waals surface area contributed by atoms with Crippen molar-refractivity contribution in [1.82, 2.24) is 18.8 Å². The van der Waals surface area contributed by atoms with E-state index in [0.29, 0.717) is 19.0 Å². The smallest absolute Gasteiger partial charge is 0.262 e. The van der Waals surface area contributed by atoms with E-state index in [2.05, 4.69) is 28.4 Å². The number of hydrogen-bond donors (Lipinski definition) is 0. The van der Waals surface area contributed by atoms with Crippen molar-refractivity contribution in [2.75, 3.05) is 25.0 Å². The summed E-state index contributed by atoms with van der Waals surface area (Å²) in [5.41, 5.74) is 2.92. The molecule has 1 aliphatic rings. The third-order valence-corrected chi connectivity index (χ3v) is 7.17. The first kappa shape index (κ1) is 19.6. The van der Waals surface area contributed by atoms with Crippen molar-refractivity contribution < 1.29 is 8.42 Å². The van der Waals surface area contributed by atoms with Crippen LogP contribution in [0.1, 0.15) is 24.6 Å². The third-order valence-electron chi connectivity index (χ3n) is 5.41. The van der Waals surface area contributed by atoms with Crippen LogP contribution in [0.2, 0.25) is 0 Å². The summed E-state index contributed by atoms with van der Waals surface area (Å²) >= 11 is 0. The molecule has 0 amide bonds. The molecule has 0 spiro atoms. The lowest BCUT2D eigenvalue weighted by atomic mass is 9.93. The molecule has 0 radical (unpaired) electrons. The number of rotatable bonds is 5. The van der Waals surface area contributed by atoms with Gasteiger partial charge in [0.1, 0.15) is 0 Å². The fourth-order valence-electron chi connectivity index (χ4n) is 3.70. The van der Waals surface area contributed by atoms with E-state index < -0.39 is 10.0 Å². The summed E-state index contributed by atoms with van der Waals surface area (Å²) in [6, 6.07) is 2.01. The highest BCUT2D eigenvalue weighted by Gasteiger charge is 2.37. The van der Waals surface area contributed by atoms with Crippen molar-refractivity contribution >= 4 is 21.8 Å². The van der Waals surface area contributed by atoms with Crippen molar-refractivity contribution in [2.24, 2.45) is 13.0 Å². The van der Waals surface area contributed by atoms with E-state index in [-0.39, 0.29) is 11.1 Å². The molecule has 146 valence electrons. The predicted molar refractivity (Wildman–Crippen MR) is 107 cm³/mol. The number of anilines is 1. The zero-order valence-corrected chi connectivity index (χ0v) is 17.1. The Labute approximate surface area is 161 Å². The summed E-state index contributed by atoms with van der Waals surface area (Å²) < 4.78 is 29.2. The first-order chi connectivity index (χ1) is 12.8. The topological polar surface area (TPSA) is 71.3 Å². The molecule has 7 nitrogen and oxygen atoms in total. The first-order valence-corrected chi connectivity index (χ1v) is 10.5. The SMILES string of the molecule is C=Cc1c(N(C)C2CN(S(=O)(=O)c3cn(C)cn3)CC[C@H]2C)ccnc1C. The van der Waals surface area contributed by atoms with E-state index in [1.807, 2.05) is 26.1 Å². The highest BCUT2D eigenvalue weighted by Crippen LogP contribution is 2.31. The molecule has 1 fully saturated rings. The maximum Gasteiger partial charge on any atom is 0.262 e. The Balaban J connectivity index is 1.90. The standard InChI is InChI=1S/C19H27N5O2S/c1-6-16-15(3)20-9-7-17(16)23(5)18-11-24(10-8-14(18)2)27(25,26)19-12-22(4)13-21-19/h6-7,9,12-14,18H,1,8,10-11H2,2-5H3/t14-,18?/m1/s1. The lowest BCUT2D eigenvalue weighted by Crippen LogP contribution is -2.52. The average Bonchev–Trinajstić information content (AvgIpc) is 3.08. The molecule has 2 aromatic rings. The maximum atomic E-state index is 13.0. The molecule has 27 heavy (non-hydrogen) atoms. The minimum atomic E-state index is -3.59. The number of likely N-dealkylation sites (N-methyl/N-ethyl adjacent to an activating group) is 1. The van der Waals surface area contributed by atoms with Crippen LogP contribution < -0.4 is 4.90 Å². The van der Waals surface area contributed by atoms with Crippen LogP contribution in [0.25, 0.3) is 6.08 Å². The Morgan fingerprint density at radius 3 is 2.74 bits per heavy atom. The van der Waals surface area contributed by atoms with Crippen LogP contribution >= 0.6 is 0 Å². The van der Waals surface area contributed by atoms with Gasteiger partial charge in [0.15, 0.2) is 5.03 Å². The number of piperidine rings is 1. The molecule has 8 heteroatoms. The summed E-state index contributed by atoms with van der Waals surface area (Å²) in [6.45, 7) is 8.97. The number of pyridine rings is 1. The third kappa shape index (κ3) is 3.64. The van der Waals surface area contributed by atoms with Gasteiger partial charge in [0.25, 0.3) is 10.0 Å². The molecule has 0 aromatic carbocycles. The molecule has 2 aromatic heterocycles. The molecular formula is C19H27N5O2S. The normalized spacial score (nSPS) is 21.2. The zero-order chi connectivity index (χ0) is 19.8. The predicted octanol–water partition coefficient (Wildman–Crippen LogP) is 2.30. The van der Waals surface area contributed by atoms with Gasteiger partial charge in [-0.1, -0.05) is 19.6 Å². The molecule has 0 bridgehead atoms. The van der Waals surface area contributed by atoms with E-state index >= 15 is 0 Å². The highest BCUT2D eigenvalue weighted by molar-refractivity contribution is 7.89. The molecule has 1 saturated heterocycles. The van der Waals surface area contributed by atoms with E-state index in [1.165, 1.54) is 6.33 Å². The van der Waals surface area contributed by atoms with Crippen molar-refractivity contribution in [2.45, 2.75) is 31.3 Å². The van der Waals surface area contributed by atoms with Gasteiger partial charge in [-0.15, -0.1) is 0 Å². The quantitative estimate of drug-likeness (QED) is 0.785. The van der Waals surface area contributed by atoms with Crippen molar-refractivity contribution in [3.05, 3.63) is 42.6 Å². The Morgan fingerprint density at radius 1 is 1.37 bits per heavy atom. The van der Waals surface area contributed by atoms with Crippen molar-refractivity contribution in [3.63, 3.8) is 0 Å². The second-order valence-electron chi connectivity index (χ2n) is 7.22. The van der Waals surface area contributed by atoms with Gasteiger partial charge in [0.2, 0.25) is 0 Å². The van der Waals surface area contributed by atoms with Gasteiger partial charge in [0, 0.05) is 62.6 Å². The van der Waals surface area contributed by atoms with Gasteiger partial charge in [-0.05, 0) is 25.3 Å². The highest BCUT2D eigenvalue weighted by atomic mass is 32.2. The van der Waals surface area contributed by atoms with Crippen LogP contribution in [0.3, 0.4) is 0 Å². The molecule has 1 unspecified atom stereocenters. The van der Waals surface area contributed by atoms with Gasteiger partial charge in [-0.3, -0.25) is 4.98 Å². The number of hydrogen-bond acceptors (Lipinski definition) is 5. The summed E-state index contributed by atoms with van der Waals surface area (Å²) in [6.07, 6.45) is 7.45. The zero-order valence-electron chi connectivity index (χ0n) is 16.3. The first-order valence-electron chi connectivity index (χ1n) is 9.04. The Hall–Kier alpha value is -2.19. The van der Waals surface area contributed by atoms with E-state index in [0.717, 1.165) is 23.4 Å². The number of nitrogens with zero attached hydrogens (tertiary/aromatic N) is 5. The minimum absolute atomic E-state index is 0.0535. The molecule has 0 N–H and O–H groups in total. The van der Waals surface area contributed by atoms with Crippen LogP contribution in [0.15, 0.2) is 36.4 Å². The number of aromatic nitrogens is 3. The van der Waals surface area contributed by atoms with E-state index in [4.69, 9.17) is 0 Å². The van der Waals surface area contributed by atoms with Gasteiger partial charge >= 0.3 is 0 Å². The van der Waals surface area contributed by atoms with Crippen molar-refractivity contribution in [3.8, 4) is 0 Å². The van der Waals surface area contributed by atoms with Crippen molar-refractivity contribution in [1.29, 1.82) is 0 Å². The summed E-state index contributed by atoms with van der Waals surface area (Å²) in [5.74, 6) is 0.358. The number of aryl methyl sites for hydroxylation is 2. The number of imidazole rings is 1. The summed E-state index contributed by atoms with van der Waals surface area (Å²) in [5, 5.41) is 0.104. The Bertz CT molecular complexity index is 937. The summed E-state index contributed by atoms with van der Waals surface area (Å²) in [7, 11) is 0.186.